The quantitative estimate of drug-likeness (QED) is 0.560. The van der Waals surface area contributed by atoms with Crippen molar-refractivity contribution in [1.82, 2.24) is 25.3 Å². The number of benzene rings is 1. The van der Waals surface area contributed by atoms with Gasteiger partial charge in [-0.3, -0.25) is 9.59 Å². The maximum atomic E-state index is 12.1. The van der Waals surface area contributed by atoms with Gasteiger partial charge in [-0.25, -0.2) is 15.0 Å². The number of rotatable bonds is 4. The van der Waals surface area contributed by atoms with Crippen molar-refractivity contribution in [1.29, 1.82) is 0 Å². The van der Waals surface area contributed by atoms with Gasteiger partial charge in [0.2, 0.25) is 5.82 Å². The zero-order chi connectivity index (χ0) is 15.5. The predicted octanol–water partition coefficient (Wildman–Crippen LogP) is 1.40. The Morgan fingerprint density at radius 2 is 1.91 bits per heavy atom. The number of hydrogen-bond donors (Lipinski definition) is 2. The average molecular weight is 297 g/mol. The standard InChI is InChI=1S/C15H15N5O2/c1-2-3-8-16-15(22)13-19-12-11(14(21)20-13)17-9-6-4-5-7-10(9)18-12/h4-7H,2-3,8H2,1H3,(H,16,22)(H,18,19,20,21). The number of aromatic amines is 1. The van der Waals surface area contributed by atoms with Crippen LogP contribution in [0.2, 0.25) is 0 Å². The minimum Gasteiger partial charge on any atom is -0.349 e. The van der Waals surface area contributed by atoms with Gasteiger partial charge in [-0.2, -0.15) is 0 Å². The first-order valence-electron chi connectivity index (χ1n) is 7.14. The van der Waals surface area contributed by atoms with Gasteiger partial charge in [0.15, 0.2) is 11.2 Å². The highest BCUT2D eigenvalue weighted by Gasteiger charge is 2.13. The van der Waals surface area contributed by atoms with Crippen LogP contribution in [0.25, 0.3) is 22.2 Å². The fourth-order valence-electron chi connectivity index (χ4n) is 2.09. The number of nitrogens with one attached hydrogen (secondary N) is 2. The van der Waals surface area contributed by atoms with Gasteiger partial charge in [0.05, 0.1) is 11.0 Å². The Kier molecular flexibility index (Phi) is 3.78. The van der Waals surface area contributed by atoms with Gasteiger partial charge in [0, 0.05) is 6.54 Å². The number of unbranched alkanes of at least 4 members (excludes halogenated alkanes) is 1. The first kappa shape index (κ1) is 14.1. The molecule has 0 unspecified atom stereocenters. The zero-order valence-corrected chi connectivity index (χ0v) is 12.1. The molecule has 7 heteroatoms. The lowest BCUT2D eigenvalue weighted by Crippen LogP contribution is -2.29. The molecule has 22 heavy (non-hydrogen) atoms. The molecular formula is C15H15N5O2. The van der Waals surface area contributed by atoms with Crippen LogP contribution in [0.15, 0.2) is 29.1 Å². The molecule has 7 nitrogen and oxygen atoms in total. The third-order valence-electron chi connectivity index (χ3n) is 3.25. The van der Waals surface area contributed by atoms with E-state index >= 15 is 0 Å². The molecule has 0 bridgehead atoms. The number of nitrogens with zero attached hydrogens (tertiary/aromatic N) is 3. The van der Waals surface area contributed by atoms with E-state index in [-0.39, 0.29) is 17.0 Å². The number of hydrogen-bond acceptors (Lipinski definition) is 5. The van der Waals surface area contributed by atoms with Crippen molar-refractivity contribution >= 4 is 28.1 Å². The molecule has 0 spiro atoms. The SMILES string of the molecule is CCCCNC(=O)c1nc2nc3ccccc3nc2c(=O)[nH]1. The van der Waals surface area contributed by atoms with Crippen LogP contribution in [-0.2, 0) is 0 Å². The minimum atomic E-state index is -0.469. The Balaban J connectivity index is 2.05. The Morgan fingerprint density at radius 3 is 2.64 bits per heavy atom. The summed E-state index contributed by atoms with van der Waals surface area (Å²) in [5.74, 6) is -0.458. The largest absolute Gasteiger partial charge is 0.349 e. The molecule has 0 aliphatic carbocycles. The summed E-state index contributed by atoms with van der Waals surface area (Å²) in [5.41, 5.74) is 1.07. The van der Waals surface area contributed by atoms with E-state index in [4.69, 9.17) is 0 Å². The number of carbonyl (C=O) groups is 1. The fourth-order valence-corrected chi connectivity index (χ4v) is 2.09. The summed E-state index contributed by atoms with van der Waals surface area (Å²) in [6.45, 7) is 2.57. The molecule has 0 aliphatic heterocycles. The van der Waals surface area contributed by atoms with Crippen LogP contribution < -0.4 is 10.9 Å². The Hall–Kier alpha value is -2.83. The highest BCUT2D eigenvalue weighted by atomic mass is 16.2. The molecule has 1 amide bonds. The number of para-hydroxylation sites is 2. The smallest absolute Gasteiger partial charge is 0.287 e. The van der Waals surface area contributed by atoms with Crippen LogP contribution in [0.1, 0.15) is 30.4 Å². The summed E-state index contributed by atoms with van der Waals surface area (Å²) in [5, 5.41) is 2.71. The number of H-pyrrole nitrogens is 1. The Labute approximate surface area is 125 Å². The van der Waals surface area contributed by atoms with Crippen molar-refractivity contribution in [2.24, 2.45) is 0 Å². The van der Waals surface area contributed by atoms with Crippen molar-refractivity contribution in [3.8, 4) is 0 Å². The topological polar surface area (TPSA) is 101 Å². The number of fused-ring (bicyclic) bond motifs is 2. The maximum absolute atomic E-state index is 12.1. The third-order valence-corrected chi connectivity index (χ3v) is 3.25. The molecule has 0 radical (unpaired) electrons. The van der Waals surface area contributed by atoms with E-state index in [1.54, 1.807) is 12.1 Å². The van der Waals surface area contributed by atoms with Crippen molar-refractivity contribution in [2.75, 3.05) is 6.54 Å². The van der Waals surface area contributed by atoms with Crippen LogP contribution in [0.4, 0.5) is 0 Å². The molecule has 0 atom stereocenters. The number of aromatic nitrogens is 4. The highest BCUT2D eigenvalue weighted by Crippen LogP contribution is 2.11. The van der Waals surface area contributed by atoms with E-state index in [0.717, 1.165) is 12.8 Å². The molecule has 1 aromatic carbocycles. The lowest BCUT2D eigenvalue weighted by atomic mass is 10.3. The molecule has 3 aromatic rings. The lowest BCUT2D eigenvalue weighted by molar-refractivity contribution is 0.0943. The van der Waals surface area contributed by atoms with Gasteiger partial charge in [0.1, 0.15) is 0 Å². The van der Waals surface area contributed by atoms with Gasteiger partial charge in [-0.15, -0.1) is 0 Å². The normalized spacial score (nSPS) is 11.0. The van der Waals surface area contributed by atoms with E-state index in [2.05, 4.69) is 25.3 Å². The monoisotopic (exact) mass is 297 g/mol. The van der Waals surface area contributed by atoms with Crippen LogP contribution in [-0.4, -0.2) is 32.4 Å². The second-order valence-corrected chi connectivity index (χ2v) is 4.91. The minimum absolute atomic E-state index is 0.0433. The average Bonchev–Trinajstić information content (AvgIpc) is 2.53. The molecule has 0 saturated heterocycles. The zero-order valence-electron chi connectivity index (χ0n) is 12.1. The molecule has 0 fully saturated rings. The van der Waals surface area contributed by atoms with Crippen LogP contribution in [0.5, 0.6) is 0 Å². The third kappa shape index (κ3) is 2.65. The fraction of sp³-hybridized carbons (Fsp3) is 0.267. The van der Waals surface area contributed by atoms with Gasteiger partial charge >= 0.3 is 0 Å². The van der Waals surface area contributed by atoms with E-state index in [1.807, 2.05) is 19.1 Å². The summed E-state index contributed by atoms with van der Waals surface area (Å²) in [7, 11) is 0. The van der Waals surface area contributed by atoms with Gasteiger partial charge < -0.3 is 10.3 Å². The molecule has 2 N–H and O–H groups in total. The molecule has 0 saturated carbocycles. The van der Waals surface area contributed by atoms with Crippen LogP contribution in [0.3, 0.4) is 0 Å². The second-order valence-electron chi connectivity index (χ2n) is 4.91. The summed E-state index contributed by atoms with van der Waals surface area (Å²) in [6, 6.07) is 7.20. The number of amides is 1. The molecule has 112 valence electrons. The molecule has 0 aliphatic rings. The Bertz CT molecular complexity index is 903. The molecule has 2 heterocycles. The van der Waals surface area contributed by atoms with Gasteiger partial charge in [-0.05, 0) is 18.6 Å². The summed E-state index contributed by atoms with van der Waals surface area (Å²) < 4.78 is 0. The predicted molar refractivity (Wildman–Crippen MR) is 82.7 cm³/mol. The Morgan fingerprint density at radius 1 is 1.18 bits per heavy atom. The first-order valence-corrected chi connectivity index (χ1v) is 7.14. The van der Waals surface area contributed by atoms with Gasteiger partial charge in [-0.1, -0.05) is 25.5 Å². The first-order chi connectivity index (χ1) is 10.7. The molecular weight excluding hydrogens is 282 g/mol. The van der Waals surface area contributed by atoms with Crippen LogP contribution >= 0.6 is 0 Å². The summed E-state index contributed by atoms with van der Waals surface area (Å²) in [4.78, 5) is 39.2. The maximum Gasteiger partial charge on any atom is 0.287 e. The second kappa shape index (κ2) is 5.88. The van der Waals surface area contributed by atoms with E-state index < -0.39 is 11.5 Å². The van der Waals surface area contributed by atoms with Gasteiger partial charge in [0.25, 0.3) is 11.5 Å². The number of carbonyl (C=O) groups excluding carboxylic acids is 1. The van der Waals surface area contributed by atoms with Crippen molar-refractivity contribution in [2.45, 2.75) is 19.8 Å². The highest BCUT2D eigenvalue weighted by molar-refractivity contribution is 5.92. The molecule has 2 aromatic heterocycles. The van der Waals surface area contributed by atoms with Crippen LogP contribution in [0, 0.1) is 0 Å². The molecule has 3 rings (SSSR count). The summed E-state index contributed by atoms with van der Waals surface area (Å²) in [6.07, 6.45) is 1.84. The van der Waals surface area contributed by atoms with Crippen molar-refractivity contribution < 1.29 is 4.79 Å². The van der Waals surface area contributed by atoms with E-state index in [0.29, 0.717) is 17.6 Å². The lowest BCUT2D eigenvalue weighted by Gasteiger charge is -2.04. The summed E-state index contributed by atoms with van der Waals surface area (Å²) >= 11 is 0. The van der Waals surface area contributed by atoms with E-state index in [1.165, 1.54) is 0 Å². The van der Waals surface area contributed by atoms with Crippen molar-refractivity contribution in [3.63, 3.8) is 0 Å². The van der Waals surface area contributed by atoms with E-state index in [9.17, 15) is 9.59 Å². The van der Waals surface area contributed by atoms with Crippen molar-refractivity contribution in [3.05, 3.63) is 40.4 Å².